The monoisotopic (exact) mass is 388 g/mol. The Labute approximate surface area is 128 Å². The molecule has 0 amide bonds. The largest absolute Gasteiger partial charge is 0.420 e. The molecule has 0 fully saturated rings. The highest BCUT2D eigenvalue weighted by Crippen LogP contribution is 2.40. The van der Waals surface area contributed by atoms with Gasteiger partial charge >= 0.3 is 6.18 Å². The van der Waals surface area contributed by atoms with Crippen molar-refractivity contribution in [2.45, 2.75) is 12.7 Å². The molecular formula is C11H6BrClF4N2S. The quantitative estimate of drug-likeness (QED) is 0.718. The Hall–Kier alpha value is -0.860. The summed E-state index contributed by atoms with van der Waals surface area (Å²) >= 11 is 9.64. The summed E-state index contributed by atoms with van der Waals surface area (Å²) in [7, 11) is 0. The molecule has 0 atom stereocenters. The highest BCUT2D eigenvalue weighted by atomic mass is 79.9. The van der Waals surface area contributed by atoms with Gasteiger partial charge in [0.15, 0.2) is 4.47 Å². The van der Waals surface area contributed by atoms with Crippen LogP contribution in [-0.2, 0) is 12.7 Å². The minimum Gasteiger partial charge on any atom is -0.379 e. The highest BCUT2D eigenvalue weighted by Gasteiger charge is 2.37. The summed E-state index contributed by atoms with van der Waals surface area (Å²) in [5.74, 6) is -1.32. The zero-order valence-electron chi connectivity index (χ0n) is 9.56. The molecule has 0 radical (unpaired) electrons. The predicted octanol–water partition coefficient (Wildman–Crippen LogP) is 5.33. The smallest absolute Gasteiger partial charge is 0.379 e. The molecule has 0 spiro atoms. The maximum atomic E-state index is 13.3. The van der Waals surface area contributed by atoms with Crippen LogP contribution >= 0.6 is 38.9 Å². The first kappa shape index (κ1) is 15.5. The molecule has 9 heteroatoms. The lowest BCUT2D eigenvalue weighted by Gasteiger charge is -2.14. The number of hydrogen-bond acceptors (Lipinski definition) is 3. The van der Waals surface area contributed by atoms with Gasteiger partial charge in [-0.2, -0.15) is 13.2 Å². The van der Waals surface area contributed by atoms with Crippen molar-refractivity contribution in [3.05, 3.63) is 43.5 Å². The van der Waals surface area contributed by atoms with Gasteiger partial charge in [-0.15, -0.1) is 11.3 Å². The van der Waals surface area contributed by atoms with Crippen LogP contribution in [0.2, 0.25) is 4.47 Å². The molecular weight excluding hydrogens is 384 g/mol. The molecule has 0 aliphatic rings. The van der Waals surface area contributed by atoms with Crippen LogP contribution in [0.5, 0.6) is 0 Å². The number of hydrogen-bond donors (Lipinski definition) is 1. The first-order chi connectivity index (χ1) is 9.29. The zero-order chi connectivity index (χ0) is 14.9. The van der Waals surface area contributed by atoms with Gasteiger partial charge in [-0.3, -0.25) is 0 Å². The SMILES string of the molecule is Fc1ccc(NCc2cnc(Cl)s2)c(Br)c1C(F)(F)F. The maximum Gasteiger partial charge on any atom is 0.420 e. The summed E-state index contributed by atoms with van der Waals surface area (Å²) < 4.78 is 51.5. The molecule has 0 aliphatic heterocycles. The van der Waals surface area contributed by atoms with E-state index in [1.807, 2.05) is 0 Å². The van der Waals surface area contributed by atoms with Gasteiger partial charge in [0.2, 0.25) is 0 Å². The predicted molar refractivity (Wildman–Crippen MR) is 73.6 cm³/mol. The molecule has 0 aliphatic carbocycles. The van der Waals surface area contributed by atoms with E-state index in [-0.39, 0.29) is 16.7 Å². The fourth-order valence-corrected chi connectivity index (χ4v) is 3.10. The zero-order valence-corrected chi connectivity index (χ0v) is 12.7. The third kappa shape index (κ3) is 3.42. The Morgan fingerprint density at radius 1 is 1.35 bits per heavy atom. The van der Waals surface area contributed by atoms with E-state index in [1.54, 1.807) is 0 Å². The third-order valence-corrected chi connectivity index (χ3v) is 4.29. The first-order valence-corrected chi connectivity index (χ1v) is 7.17. The Bertz CT molecular complexity index is 629. The second-order valence-electron chi connectivity index (χ2n) is 3.71. The van der Waals surface area contributed by atoms with Crippen LogP contribution in [0.25, 0.3) is 0 Å². The average Bonchev–Trinajstić information content (AvgIpc) is 2.72. The fourth-order valence-electron chi connectivity index (χ4n) is 1.50. The summed E-state index contributed by atoms with van der Waals surface area (Å²) in [5, 5.41) is 2.78. The molecule has 1 aromatic carbocycles. The molecule has 0 unspecified atom stereocenters. The number of nitrogens with zero attached hydrogens (tertiary/aromatic N) is 1. The van der Waals surface area contributed by atoms with Crippen molar-refractivity contribution in [1.29, 1.82) is 0 Å². The Morgan fingerprint density at radius 2 is 2.05 bits per heavy atom. The Morgan fingerprint density at radius 3 is 2.60 bits per heavy atom. The van der Waals surface area contributed by atoms with Crippen LogP contribution < -0.4 is 5.32 Å². The molecule has 2 nitrogen and oxygen atoms in total. The van der Waals surface area contributed by atoms with Gasteiger partial charge in [0.1, 0.15) is 11.4 Å². The van der Waals surface area contributed by atoms with Gasteiger partial charge in [-0.1, -0.05) is 11.6 Å². The van der Waals surface area contributed by atoms with E-state index in [0.717, 1.165) is 10.9 Å². The Balaban J connectivity index is 2.25. The van der Waals surface area contributed by atoms with Crippen LogP contribution in [0.4, 0.5) is 23.2 Å². The van der Waals surface area contributed by atoms with Crippen LogP contribution in [0.15, 0.2) is 22.8 Å². The molecule has 20 heavy (non-hydrogen) atoms. The molecule has 0 saturated heterocycles. The molecule has 1 N–H and O–H groups in total. The first-order valence-electron chi connectivity index (χ1n) is 5.18. The number of alkyl halides is 3. The second-order valence-corrected chi connectivity index (χ2v) is 6.21. The molecule has 108 valence electrons. The van der Waals surface area contributed by atoms with Gasteiger partial charge in [0, 0.05) is 16.8 Å². The number of thiazole rings is 1. The van der Waals surface area contributed by atoms with E-state index < -0.39 is 17.6 Å². The van der Waals surface area contributed by atoms with Gasteiger partial charge in [-0.05, 0) is 28.1 Å². The van der Waals surface area contributed by atoms with Crippen molar-refractivity contribution in [1.82, 2.24) is 4.98 Å². The van der Waals surface area contributed by atoms with Crippen LogP contribution in [0, 0.1) is 5.82 Å². The van der Waals surface area contributed by atoms with Crippen molar-refractivity contribution in [2.75, 3.05) is 5.32 Å². The number of rotatable bonds is 3. The number of aromatic nitrogens is 1. The van der Waals surface area contributed by atoms with E-state index in [9.17, 15) is 17.6 Å². The van der Waals surface area contributed by atoms with E-state index in [1.165, 1.54) is 23.6 Å². The average molecular weight is 390 g/mol. The van der Waals surface area contributed by atoms with E-state index in [4.69, 9.17) is 11.6 Å². The lowest BCUT2D eigenvalue weighted by molar-refractivity contribution is -0.140. The maximum absolute atomic E-state index is 13.3. The van der Waals surface area contributed by atoms with Crippen molar-refractivity contribution >= 4 is 44.6 Å². The Kier molecular flexibility index (Phi) is 4.55. The molecule has 0 saturated carbocycles. The number of anilines is 1. The van der Waals surface area contributed by atoms with Crippen molar-refractivity contribution in [2.24, 2.45) is 0 Å². The summed E-state index contributed by atoms with van der Waals surface area (Å²) in [6, 6.07) is 2.01. The topological polar surface area (TPSA) is 24.9 Å². The third-order valence-electron chi connectivity index (χ3n) is 2.35. The van der Waals surface area contributed by atoms with Gasteiger partial charge in [0.05, 0.1) is 11.0 Å². The van der Waals surface area contributed by atoms with Gasteiger partial charge < -0.3 is 5.32 Å². The fraction of sp³-hybridized carbons (Fsp3) is 0.182. The lowest BCUT2D eigenvalue weighted by atomic mass is 10.2. The summed E-state index contributed by atoms with van der Waals surface area (Å²) in [6.07, 6.45) is -3.25. The summed E-state index contributed by atoms with van der Waals surface area (Å²) in [5.41, 5.74) is -1.19. The van der Waals surface area contributed by atoms with Gasteiger partial charge in [-0.25, -0.2) is 9.37 Å². The minimum atomic E-state index is -4.77. The summed E-state index contributed by atoms with van der Waals surface area (Å²) in [6.45, 7) is 0.242. The van der Waals surface area contributed by atoms with E-state index >= 15 is 0 Å². The van der Waals surface area contributed by atoms with Crippen molar-refractivity contribution in [3.63, 3.8) is 0 Å². The van der Waals surface area contributed by atoms with Crippen LogP contribution in [-0.4, -0.2) is 4.98 Å². The molecule has 2 rings (SSSR count). The molecule has 0 bridgehead atoms. The van der Waals surface area contributed by atoms with Crippen molar-refractivity contribution < 1.29 is 17.6 Å². The number of nitrogens with one attached hydrogen (secondary N) is 1. The minimum absolute atomic E-state index is 0.142. The van der Waals surface area contributed by atoms with Crippen molar-refractivity contribution in [3.8, 4) is 0 Å². The number of benzene rings is 1. The lowest BCUT2D eigenvalue weighted by Crippen LogP contribution is -2.11. The van der Waals surface area contributed by atoms with E-state index in [2.05, 4.69) is 26.2 Å². The van der Waals surface area contributed by atoms with Gasteiger partial charge in [0.25, 0.3) is 0 Å². The van der Waals surface area contributed by atoms with Crippen LogP contribution in [0.3, 0.4) is 0 Å². The normalized spacial score (nSPS) is 11.7. The van der Waals surface area contributed by atoms with E-state index in [0.29, 0.717) is 4.47 Å². The van der Waals surface area contributed by atoms with Crippen LogP contribution in [0.1, 0.15) is 10.4 Å². The standard InChI is InChI=1S/C11H6BrClF4N2S/c12-9-7(18-3-5-4-19-10(13)20-5)2-1-6(14)8(9)11(15,16)17/h1-2,4,18H,3H2. The molecule has 1 heterocycles. The summed E-state index contributed by atoms with van der Waals surface area (Å²) in [4.78, 5) is 4.56. The molecule has 2 aromatic rings. The highest BCUT2D eigenvalue weighted by molar-refractivity contribution is 9.10. The number of halogens is 6. The molecule has 1 aromatic heterocycles. The second kappa shape index (κ2) is 5.87.